The molecule has 5 nitrogen and oxygen atoms in total. The van der Waals surface area contributed by atoms with Crippen LogP contribution in [0.1, 0.15) is 45.1 Å². The summed E-state index contributed by atoms with van der Waals surface area (Å²) in [7, 11) is 1.77. The third-order valence-electron chi connectivity index (χ3n) is 4.99. The molecule has 1 aliphatic rings. The number of hydrogen-bond donors (Lipinski definition) is 3. The van der Waals surface area contributed by atoms with Crippen molar-refractivity contribution in [2.75, 3.05) is 13.6 Å². The van der Waals surface area contributed by atoms with Crippen LogP contribution in [0.5, 0.6) is 5.75 Å². The van der Waals surface area contributed by atoms with Crippen LogP contribution in [0.25, 0.3) is 0 Å². The van der Waals surface area contributed by atoms with Crippen LogP contribution >= 0.6 is 11.3 Å². The lowest BCUT2D eigenvalue weighted by molar-refractivity contribution is 0.464. The fourth-order valence-corrected chi connectivity index (χ4v) is 4.35. The molecule has 0 saturated carbocycles. The molecule has 1 heterocycles. The van der Waals surface area contributed by atoms with Crippen molar-refractivity contribution in [1.29, 1.82) is 0 Å². The Kier molecular flexibility index (Phi) is 6.14. The van der Waals surface area contributed by atoms with Gasteiger partial charge in [-0.2, -0.15) is 0 Å². The Bertz CT molecular complexity index is 778. The first-order chi connectivity index (χ1) is 12.6. The van der Waals surface area contributed by atoms with E-state index >= 15 is 0 Å². The van der Waals surface area contributed by atoms with Crippen LogP contribution in [-0.4, -0.2) is 29.6 Å². The van der Waals surface area contributed by atoms with Gasteiger partial charge in [0, 0.05) is 37.0 Å². The standard InChI is InChI=1S/C20H28N4OS/c1-13-14(2)26-19(24-13)10-11-22-20(21-3)23-12-17-16-7-5-4-6-15(16)8-9-18(17)25/h8-9,25H,4-7,10-12H2,1-3H3,(H2,21,22,23). The van der Waals surface area contributed by atoms with E-state index in [1.807, 2.05) is 6.07 Å². The highest BCUT2D eigenvalue weighted by atomic mass is 32.1. The summed E-state index contributed by atoms with van der Waals surface area (Å²) in [6.45, 7) is 5.53. The van der Waals surface area contributed by atoms with E-state index in [2.05, 4.69) is 40.5 Å². The molecule has 0 radical (unpaired) electrons. The number of phenols is 1. The summed E-state index contributed by atoms with van der Waals surface area (Å²) >= 11 is 1.76. The fourth-order valence-electron chi connectivity index (χ4n) is 3.42. The van der Waals surface area contributed by atoms with Crippen molar-refractivity contribution in [3.05, 3.63) is 44.4 Å². The lowest BCUT2D eigenvalue weighted by Gasteiger charge is -2.21. The summed E-state index contributed by atoms with van der Waals surface area (Å²) in [6, 6.07) is 3.89. The summed E-state index contributed by atoms with van der Waals surface area (Å²) in [5.74, 6) is 1.13. The molecule has 1 aromatic heterocycles. The number of nitrogens with one attached hydrogen (secondary N) is 2. The van der Waals surface area contributed by atoms with Crippen molar-refractivity contribution in [2.45, 2.75) is 52.5 Å². The average molecular weight is 373 g/mol. The van der Waals surface area contributed by atoms with Crippen LogP contribution in [-0.2, 0) is 25.8 Å². The van der Waals surface area contributed by atoms with Gasteiger partial charge in [-0.15, -0.1) is 11.3 Å². The highest BCUT2D eigenvalue weighted by molar-refractivity contribution is 7.11. The predicted molar refractivity (Wildman–Crippen MR) is 108 cm³/mol. The Hall–Kier alpha value is -2.08. The second-order valence-electron chi connectivity index (χ2n) is 6.76. The van der Waals surface area contributed by atoms with Crippen molar-refractivity contribution < 1.29 is 5.11 Å². The van der Waals surface area contributed by atoms with Crippen LogP contribution in [0.15, 0.2) is 17.1 Å². The molecule has 0 fully saturated rings. The Morgan fingerprint density at radius 3 is 2.77 bits per heavy atom. The summed E-state index contributed by atoms with van der Waals surface area (Å²) in [5.41, 5.74) is 4.82. The summed E-state index contributed by atoms with van der Waals surface area (Å²) < 4.78 is 0. The first-order valence-electron chi connectivity index (χ1n) is 9.28. The van der Waals surface area contributed by atoms with E-state index in [1.54, 1.807) is 18.4 Å². The fraction of sp³-hybridized carbons (Fsp3) is 0.500. The van der Waals surface area contributed by atoms with Crippen LogP contribution in [0.3, 0.4) is 0 Å². The summed E-state index contributed by atoms with van der Waals surface area (Å²) in [4.78, 5) is 10.2. The lowest BCUT2D eigenvalue weighted by atomic mass is 9.88. The van der Waals surface area contributed by atoms with E-state index in [4.69, 9.17) is 0 Å². The van der Waals surface area contributed by atoms with Gasteiger partial charge in [0.05, 0.1) is 10.7 Å². The van der Waals surface area contributed by atoms with Gasteiger partial charge in [-0.05, 0) is 56.7 Å². The molecule has 1 aliphatic carbocycles. The van der Waals surface area contributed by atoms with Gasteiger partial charge in [-0.1, -0.05) is 6.07 Å². The lowest BCUT2D eigenvalue weighted by Crippen LogP contribution is -2.38. The minimum absolute atomic E-state index is 0.377. The number of nitrogens with zero attached hydrogens (tertiary/aromatic N) is 2. The molecule has 6 heteroatoms. The van der Waals surface area contributed by atoms with Crippen molar-refractivity contribution >= 4 is 17.3 Å². The predicted octanol–water partition coefficient (Wildman–Crippen LogP) is 3.25. The number of rotatable bonds is 5. The van der Waals surface area contributed by atoms with E-state index in [0.717, 1.165) is 48.0 Å². The number of aryl methyl sites for hydroxylation is 3. The molecule has 2 aromatic rings. The van der Waals surface area contributed by atoms with Crippen LogP contribution < -0.4 is 10.6 Å². The minimum atomic E-state index is 0.377. The van der Waals surface area contributed by atoms with Gasteiger partial charge in [0.2, 0.25) is 0 Å². The summed E-state index contributed by atoms with van der Waals surface area (Å²) in [5, 5.41) is 18.1. The monoisotopic (exact) mass is 372 g/mol. The van der Waals surface area contributed by atoms with E-state index in [-0.39, 0.29) is 0 Å². The van der Waals surface area contributed by atoms with Gasteiger partial charge in [-0.25, -0.2) is 4.98 Å². The van der Waals surface area contributed by atoms with Gasteiger partial charge >= 0.3 is 0 Å². The van der Waals surface area contributed by atoms with E-state index in [1.165, 1.54) is 28.8 Å². The normalized spacial score (nSPS) is 14.2. The molecule has 0 spiro atoms. The quantitative estimate of drug-likeness (QED) is 0.557. The number of phenolic OH excluding ortho intramolecular Hbond substituents is 1. The molecule has 0 atom stereocenters. The third-order valence-corrected chi connectivity index (χ3v) is 6.12. The number of fused-ring (bicyclic) bond motifs is 1. The molecule has 3 N–H and O–H groups in total. The highest BCUT2D eigenvalue weighted by Gasteiger charge is 2.16. The molecule has 1 aromatic carbocycles. The first kappa shape index (κ1) is 18.7. The highest BCUT2D eigenvalue weighted by Crippen LogP contribution is 2.30. The zero-order chi connectivity index (χ0) is 18.5. The maximum atomic E-state index is 10.3. The van der Waals surface area contributed by atoms with Gasteiger partial charge < -0.3 is 15.7 Å². The molecular weight excluding hydrogens is 344 g/mol. The average Bonchev–Trinajstić information content (AvgIpc) is 2.96. The molecule has 0 saturated heterocycles. The second kappa shape index (κ2) is 8.54. The van der Waals surface area contributed by atoms with Crippen molar-refractivity contribution in [3.8, 4) is 5.75 Å². The van der Waals surface area contributed by atoms with Gasteiger partial charge in [0.15, 0.2) is 5.96 Å². The number of guanidine groups is 1. The van der Waals surface area contributed by atoms with Gasteiger partial charge in [0.1, 0.15) is 5.75 Å². The number of hydrogen-bond acceptors (Lipinski definition) is 4. The smallest absolute Gasteiger partial charge is 0.191 e. The number of aliphatic imine (C=N–C) groups is 1. The maximum Gasteiger partial charge on any atom is 0.191 e. The van der Waals surface area contributed by atoms with Crippen molar-refractivity contribution in [3.63, 3.8) is 0 Å². The van der Waals surface area contributed by atoms with Crippen LogP contribution in [0.4, 0.5) is 0 Å². The molecule has 0 unspecified atom stereocenters. The van der Waals surface area contributed by atoms with Crippen molar-refractivity contribution in [1.82, 2.24) is 15.6 Å². The number of aromatic nitrogens is 1. The minimum Gasteiger partial charge on any atom is -0.508 e. The van der Waals surface area contributed by atoms with Crippen LogP contribution in [0, 0.1) is 13.8 Å². The zero-order valence-electron chi connectivity index (χ0n) is 15.9. The van der Waals surface area contributed by atoms with Crippen LogP contribution in [0.2, 0.25) is 0 Å². The Labute approximate surface area is 159 Å². The Morgan fingerprint density at radius 1 is 1.23 bits per heavy atom. The molecule has 0 amide bonds. The Balaban J connectivity index is 1.56. The van der Waals surface area contributed by atoms with Gasteiger partial charge in [0.25, 0.3) is 0 Å². The molecule has 26 heavy (non-hydrogen) atoms. The number of thiazole rings is 1. The third kappa shape index (κ3) is 4.36. The summed E-state index contributed by atoms with van der Waals surface area (Å²) in [6.07, 6.45) is 5.48. The Morgan fingerprint density at radius 2 is 2.04 bits per heavy atom. The van der Waals surface area contributed by atoms with E-state index in [9.17, 15) is 5.11 Å². The second-order valence-corrected chi connectivity index (χ2v) is 8.05. The van der Waals surface area contributed by atoms with E-state index in [0.29, 0.717) is 12.3 Å². The zero-order valence-corrected chi connectivity index (χ0v) is 16.7. The maximum absolute atomic E-state index is 10.3. The number of aromatic hydroxyl groups is 1. The number of benzene rings is 1. The topological polar surface area (TPSA) is 69.5 Å². The van der Waals surface area contributed by atoms with E-state index < -0.39 is 0 Å². The SMILES string of the molecule is CN=C(NCCc1nc(C)c(C)s1)NCc1c(O)ccc2c1CCCC2. The molecule has 0 aliphatic heterocycles. The molecule has 140 valence electrons. The largest absolute Gasteiger partial charge is 0.508 e. The first-order valence-corrected chi connectivity index (χ1v) is 10.1. The molecule has 0 bridgehead atoms. The van der Waals surface area contributed by atoms with Gasteiger partial charge in [-0.3, -0.25) is 4.99 Å². The molecular formula is C20H28N4OS. The molecule has 3 rings (SSSR count). The van der Waals surface area contributed by atoms with Crippen molar-refractivity contribution in [2.24, 2.45) is 4.99 Å².